The molecule has 3 rings (SSSR count). The van der Waals surface area contributed by atoms with Gasteiger partial charge in [0.15, 0.2) is 5.76 Å². The van der Waals surface area contributed by atoms with Gasteiger partial charge in [0, 0.05) is 49.6 Å². The SMILES string of the molecule is Cn1cc(/C=C2/CCO/C(=C\c3cnn(C)c3)C2=O)cn1. The molecule has 0 saturated carbocycles. The standard InChI is InChI=1S/C15H16N4O2/c1-18-9-11(7-16-18)5-13-3-4-21-14(15(13)20)6-12-8-17-19(2)10-12/h5-10H,3-4H2,1-2H3/b13-5-,14-6-. The topological polar surface area (TPSA) is 61.9 Å². The molecule has 2 aromatic heterocycles. The molecule has 0 unspecified atom stereocenters. The van der Waals surface area contributed by atoms with Crippen molar-refractivity contribution in [1.82, 2.24) is 19.6 Å². The molecule has 0 aromatic carbocycles. The van der Waals surface area contributed by atoms with Crippen LogP contribution in [0.5, 0.6) is 0 Å². The van der Waals surface area contributed by atoms with Crippen LogP contribution in [0.4, 0.5) is 0 Å². The summed E-state index contributed by atoms with van der Waals surface area (Å²) in [6.07, 6.45) is 11.4. The number of Topliss-reactive ketones (excluding diaryl/α,β-unsaturated/α-hetero) is 1. The molecule has 0 radical (unpaired) electrons. The number of allylic oxidation sites excluding steroid dienone is 1. The van der Waals surface area contributed by atoms with Crippen molar-refractivity contribution in [3.63, 3.8) is 0 Å². The van der Waals surface area contributed by atoms with Crippen molar-refractivity contribution in [2.24, 2.45) is 14.1 Å². The van der Waals surface area contributed by atoms with E-state index in [9.17, 15) is 4.79 Å². The lowest BCUT2D eigenvalue weighted by atomic mass is 10.0. The third-order valence-corrected chi connectivity index (χ3v) is 3.23. The minimum Gasteiger partial charge on any atom is -0.489 e. The fourth-order valence-corrected chi connectivity index (χ4v) is 2.24. The molecule has 0 amide bonds. The van der Waals surface area contributed by atoms with E-state index in [1.165, 1.54) is 0 Å². The molecule has 0 bridgehead atoms. The van der Waals surface area contributed by atoms with E-state index in [-0.39, 0.29) is 5.78 Å². The van der Waals surface area contributed by atoms with E-state index in [1.807, 2.05) is 32.6 Å². The minimum absolute atomic E-state index is 0.0750. The zero-order valence-electron chi connectivity index (χ0n) is 12.0. The van der Waals surface area contributed by atoms with Crippen LogP contribution in [0.15, 0.2) is 36.1 Å². The maximum absolute atomic E-state index is 12.4. The Bertz CT molecular complexity index is 676. The lowest BCUT2D eigenvalue weighted by Gasteiger charge is -2.17. The summed E-state index contributed by atoms with van der Waals surface area (Å²) < 4.78 is 8.89. The van der Waals surface area contributed by atoms with E-state index < -0.39 is 0 Å². The second-order valence-corrected chi connectivity index (χ2v) is 5.00. The van der Waals surface area contributed by atoms with Crippen molar-refractivity contribution in [3.05, 3.63) is 47.2 Å². The molecule has 0 atom stereocenters. The van der Waals surface area contributed by atoms with Crippen LogP contribution in [0.2, 0.25) is 0 Å². The lowest BCUT2D eigenvalue weighted by Crippen LogP contribution is -2.17. The van der Waals surface area contributed by atoms with E-state index in [4.69, 9.17) is 4.74 Å². The fraction of sp³-hybridized carbons (Fsp3) is 0.267. The summed E-state index contributed by atoms with van der Waals surface area (Å²) in [7, 11) is 3.68. The smallest absolute Gasteiger partial charge is 0.223 e. The molecular weight excluding hydrogens is 268 g/mol. The molecule has 1 fully saturated rings. The Kier molecular flexibility index (Phi) is 3.43. The van der Waals surface area contributed by atoms with Gasteiger partial charge in [-0.05, 0) is 12.2 Å². The predicted molar refractivity (Wildman–Crippen MR) is 77.9 cm³/mol. The fourth-order valence-electron chi connectivity index (χ4n) is 2.24. The van der Waals surface area contributed by atoms with E-state index in [1.54, 1.807) is 27.8 Å². The summed E-state index contributed by atoms with van der Waals surface area (Å²) in [6, 6.07) is 0. The molecule has 6 heteroatoms. The zero-order valence-corrected chi connectivity index (χ0v) is 12.0. The van der Waals surface area contributed by atoms with E-state index in [2.05, 4.69) is 10.2 Å². The second kappa shape index (κ2) is 5.40. The summed E-state index contributed by atoms with van der Waals surface area (Å²) in [5.74, 6) is 0.290. The van der Waals surface area contributed by atoms with Crippen molar-refractivity contribution in [2.45, 2.75) is 6.42 Å². The van der Waals surface area contributed by atoms with Crippen LogP contribution in [0.25, 0.3) is 12.2 Å². The average Bonchev–Trinajstić information content (AvgIpc) is 3.03. The highest BCUT2D eigenvalue weighted by atomic mass is 16.5. The highest BCUT2D eigenvalue weighted by Crippen LogP contribution is 2.22. The molecule has 6 nitrogen and oxygen atoms in total. The molecule has 0 aliphatic carbocycles. The van der Waals surface area contributed by atoms with Gasteiger partial charge in [0.2, 0.25) is 5.78 Å². The monoisotopic (exact) mass is 284 g/mol. The van der Waals surface area contributed by atoms with Gasteiger partial charge in [-0.3, -0.25) is 14.2 Å². The summed E-state index contributed by atoms with van der Waals surface area (Å²) in [6.45, 7) is 0.504. The number of aromatic nitrogens is 4. The highest BCUT2D eigenvalue weighted by molar-refractivity contribution is 6.12. The largest absolute Gasteiger partial charge is 0.489 e. The molecule has 0 N–H and O–H groups in total. The maximum atomic E-state index is 12.4. The molecular formula is C15H16N4O2. The van der Waals surface area contributed by atoms with Crippen LogP contribution >= 0.6 is 0 Å². The van der Waals surface area contributed by atoms with Gasteiger partial charge in [-0.25, -0.2) is 0 Å². The van der Waals surface area contributed by atoms with E-state index >= 15 is 0 Å². The normalized spacial score (nSPS) is 19.2. The van der Waals surface area contributed by atoms with Gasteiger partial charge in [-0.2, -0.15) is 10.2 Å². The number of carbonyl (C=O) groups excluding carboxylic acids is 1. The third kappa shape index (κ3) is 2.94. The van der Waals surface area contributed by atoms with E-state index in [0.29, 0.717) is 18.8 Å². The molecule has 1 saturated heterocycles. The summed E-state index contributed by atoms with van der Waals surface area (Å²) in [5, 5.41) is 8.18. The van der Waals surface area contributed by atoms with Crippen LogP contribution in [0.1, 0.15) is 17.5 Å². The van der Waals surface area contributed by atoms with Gasteiger partial charge >= 0.3 is 0 Å². The van der Waals surface area contributed by atoms with Crippen LogP contribution < -0.4 is 0 Å². The Hall–Kier alpha value is -2.63. The summed E-state index contributed by atoms with van der Waals surface area (Å²) in [5.41, 5.74) is 2.51. The number of ketones is 1. The van der Waals surface area contributed by atoms with Crippen molar-refractivity contribution in [1.29, 1.82) is 0 Å². The van der Waals surface area contributed by atoms with Crippen molar-refractivity contribution < 1.29 is 9.53 Å². The van der Waals surface area contributed by atoms with Gasteiger partial charge < -0.3 is 4.74 Å². The van der Waals surface area contributed by atoms with E-state index in [0.717, 1.165) is 16.7 Å². The first-order valence-electron chi connectivity index (χ1n) is 6.69. The van der Waals surface area contributed by atoms with Gasteiger partial charge in [-0.1, -0.05) is 0 Å². The Balaban J connectivity index is 1.87. The molecule has 1 aliphatic rings. The Morgan fingerprint density at radius 1 is 1.10 bits per heavy atom. The maximum Gasteiger partial charge on any atom is 0.223 e. The van der Waals surface area contributed by atoms with Crippen molar-refractivity contribution in [3.8, 4) is 0 Å². The number of ether oxygens (including phenoxy) is 1. The Labute approximate surface area is 122 Å². The minimum atomic E-state index is -0.0750. The second-order valence-electron chi connectivity index (χ2n) is 5.00. The number of nitrogens with zero attached hydrogens (tertiary/aromatic N) is 4. The summed E-state index contributed by atoms with van der Waals surface area (Å²) in [4.78, 5) is 12.4. The lowest BCUT2D eigenvalue weighted by molar-refractivity contribution is -0.116. The molecule has 2 aromatic rings. The predicted octanol–water partition coefficient (Wildman–Crippen LogP) is 1.57. The molecule has 21 heavy (non-hydrogen) atoms. The molecule has 3 heterocycles. The molecule has 108 valence electrons. The molecule has 1 aliphatic heterocycles. The van der Waals surface area contributed by atoms with Crippen LogP contribution in [-0.4, -0.2) is 32.0 Å². The Morgan fingerprint density at radius 2 is 1.71 bits per heavy atom. The van der Waals surface area contributed by atoms with Crippen LogP contribution in [0, 0.1) is 0 Å². The number of carbonyl (C=O) groups is 1. The number of rotatable bonds is 2. The number of hydrogen-bond acceptors (Lipinski definition) is 4. The van der Waals surface area contributed by atoms with Crippen molar-refractivity contribution in [2.75, 3.05) is 6.61 Å². The van der Waals surface area contributed by atoms with Crippen molar-refractivity contribution >= 4 is 17.9 Å². The quantitative estimate of drug-likeness (QED) is 0.785. The first-order valence-corrected chi connectivity index (χ1v) is 6.69. The van der Waals surface area contributed by atoms with Gasteiger partial charge in [0.05, 0.1) is 19.0 Å². The van der Waals surface area contributed by atoms with Gasteiger partial charge in [-0.15, -0.1) is 0 Å². The number of aryl methyl sites for hydroxylation is 2. The van der Waals surface area contributed by atoms with Crippen LogP contribution in [-0.2, 0) is 23.6 Å². The van der Waals surface area contributed by atoms with Gasteiger partial charge in [0.25, 0.3) is 0 Å². The first kappa shape index (κ1) is 13.4. The average molecular weight is 284 g/mol. The zero-order chi connectivity index (χ0) is 14.8. The third-order valence-electron chi connectivity index (χ3n) is 3.23. The number of hydrogen-bond donors (Lipinski definition) is 0. The Morgan fingerprint density at radius 3 is 2.29 bits per heavy atom. The molecule has 0 spiro atoms. The van der Waals surface area contributed by atoms with Crippen LogP contribution in [0.3, 0.4) is 0 Å². The van der Waals surface area contributed by atoms with Gasteiger partial charge in [0.1, 0.15) is 0 Å². The first-order chi connectivity index (χ1) is 10.1. The summed E-state index contributed by atoms with van der Waals surface area (Å²) >= 11 is 0. The highest BCUT2D eigenvalue weighted by Gasteiger charge is 2.22.